The van der Waals surface area contributed by atoms with Crippen LogP contribution in [0.25, 0.3) is 0 Å². The van der Waals surface area contributed by atoms with Crippen LogP contribution in [0.4, 0.5) is 0 Å². The van der Waals surface area contributed by atoms with E-state index in [1.54, 1.807) is 0 Å². The summed E-state index contributed by atoms with van der Waals surface area (Å²) in [7, 11) is 0. The highest BCUT2D eigenvalue weighted by molar-refractivity contribution is 5.80. The molecule has 172 valence electrons. The average Bonchev–Trinajstić information content (AvgIpc) is 3.34. The first-order valence-corrected chi connectivity index (χ1v) is 11.9. The first-order valence-electron chi connectivity index (χ1n) is 11.9. The van der Waals surface area contributed by atoms with Gasteiger partial charge < -0.3 is 19.7 Å². The number of hydrogen-bond acceptors (Lipinski definition) is 4. The van der Waals surface area contributed by atoms with Crippen LogP contribution in [-0.4, -0.2) is 67.7 Å². The molecule has 1 unspecified atom stereocenters. The maximum atomic E-state index is 5.85. The van der Waals surface area contributed by atoms with Crippen LogP contribution in [-0.2, 0) is 29.2 Å². The quantitative estimate of drug-likeness (QED) is 0.508. The monoisotopic (exact) mass is 436 g/mol. The van der Waals surface area contributed by atoms with Crippen molar-refractivity contribution in [3.63, 3.8) is 0 Å². The number of likely N-dealkylation sites (tertiary alicyclic amines) is 1. The van der Waals surface area contributed by atoms with Gasteiger partial charge in [0.1, 0.15) is 0 Å². The molecule has 1 atom stereocenters. The molecule has 0 bridgehead atoms. The number of guanidine groups is 1. The van der Waals surface area contributed by atoms with Crippen LogP contribution in [0, 0.1) is 0 Å². The lowest BCUT2D eigenvalue weighted by Crippen LogP contribution is -2.46. The molecule has 2 aromatic carbocycles. The highest BCUT2D eigenvalue weighted by Crippen LogP contribution is 2.17. The Hall–Kier alpha value is -2.41. The van der Waals surface area contributed by atoms with E-state index in [4.69, 9.17) is 14.5 Å². The number of benzene rings is 2. The van der Waals surface area contributed by atoms with E-state index in [0.29, 0.717) is 25.8 Å². The van der Waals surface area contributed by atoms with Gasteiger partial charge in [0, 0.05) is 38.8 Å². The number of nitrogens with one attached hydrogen (secondary N) is 1. The first kappa shape index (κ1) is 22.8. The number of aliphatic imine (C=N–C) groups is 1. The van der Waals surface area contributed by atoms with Crippen LogP contribution in [0.15, 0.2) is 59.6 Å². The second-order valence-corrected chi connectivity index (χ2v) is 8.50. The molecular formula is C26H36N4O2. The standard InChI is InChI=1S/C26H36N4O2/c1-2-27-26(30-13-12-25(19-30)29-14-16-31-17-15-29)28-18-22-8-10-24(11-9-22)21-32-20-23-6-4-3-5-7-23/h3-11,25H,2,12-21H2,1H3,(H,27,28). The molecule has 0 aliphatic carbocycles. The molecular weight excluding hydrogens is 400 g/mol. The van der Waals surface area contributed by atoms with Gasteiger partial charge in [-0.15, -0.1) is 0 Å². The molecule has 0 radical (unpaired) electrons. The fourth-order valence-electron chi connectivity index (χ4n) is 4.37. The first-order chi connectivity index (χ1) is 15.8. The zero-order valence-corrected chi connectivity index (χ0v) is 19.2. The topological polar surface area (TPSA) is 49.3 Å². The smallest absolute Gasteiger partial charge is 0.194 e. The lowest BCUT2D eigenvalue weighted by molar-refractivity contribution is 0.0195. The van der Waals surface area contributed by atoms with Gasteiger partial charge in [0.2, 0.25) is 0 Å². The molecule has 6 nitrogen and oxygen atoms in total. The number of nitrogens with zero attached hydrogens (tertiary/aromatic N) is 3. The van der Waals surface area contributed by atoms with Crippen molar-refractivity contribution in [1.29, 1.82) is 0 Å². The Morgan fingerprint density at radius 3 is 2.38 bits per heavy atom. The summed E-state index contributed by atoms with van der Waals surface area (Å²) in [6, 6.07) is 19.5. The van der Waals surface area contributed by atoms with E-state index in [1.165, 1.54) is 23.1 Å². The minimum absolute atomic E-state index is 0.609. The molecule has 2 aliphatic rings. The molecule has 0 aromatic heterocycles. The minimum atomic E-state index is 0.609. The van der Waals surface area contributed by atoms with Gasteiger partial charge in [0.25, 0.3) is 0 Å². The fraction of sp³-hybridized carbons (Fsp3) is 0.500. The zero-order chi connectivity index (χ0) is 22.0. The summed E-state index contributed by atoms with van der Waals surface area (Å²) in [4.78, 5) is 9.92. The second kappa shape index (κ2) is 12.0. The Morgan fingerprint density at radius 1 is 0.969 bits per heavy atom. The lowest BCUT2D eigenvalue weighted by Gasteiger charge is -2.32. The molecule has 32 heavy (non-hydrogen) atoms. The van der Waals surface area contributed by atoms with Crippen LogP contribution < -0.4 is 5.32 Å². The zero-order valence-electron chi connectivity index (χ0n) is 19.2. The van der Waals surface area contributed by atoms with Gasteiger partial charge in [-0.1, -0.05) is 54.6 Å². The summed E-state index contributed by atoms with van der Waals surface area (Å²) in [6.45, 7) is 10.9. The Kier molecular flexibility index (Phi) is 8.54. The highest BCUT2D eigenvalue weighted by Gasteiger charge is 2.30. The molecule has 4 rings (SSSR count). The number of morpholine rings is 1. The summed E-state index contributed by atoms with van der Waals surface area (Å²) in [5, 5.41) is 3.49. The Morgan fingerprint density at radius 2 is 1.66 bits per heavy atom. The van der Waals surface area contributed by atoms with Gasteiger partial charge in [-0.25, -0.2) is 4.99 Å². The fourth-order valence-corrected chi connectivity index (χ4v) is 4.37. The summed E-state index contributed by atoms with van der Waals surface area (Å²) < 4.78 is 11.4. The van der Waals surface area contributed by atoms with Crippen molar-refractivity contribution >= 4 is 5.96 Å². The maximum Gasteiger partial charge on any atom is 0.194 e. The van der Waals surface area contributed by atoms with Gasteiger partial charge >= 0.3 is 0 Å². The maximum absolute atomic E-state index is 5.85. The van der Waals surface area contributed by atoms with Crippen molar-refractivity contribution in [2.75, 3.05) is 45.9 Å². The largest absolute Gasteiger partial charge is 0.379 e. The highest BCUT2D eigenvalue weighted by atomic mass is 16.5. The van der Waals surface area contributed by atoms with E-state index in [9.17, 15) is 0 Å². The third-order valence-electron chi connectivity index (χ3n) is 6.17. The molecule has 0 spiro atoms. The van der Waals surface area contributed by atoms with E-state index >= 15 is 0 Å². The number of rotatable bonds is 8. The molecule has 0 saturated carbocycles. The van der Waals surface area contributed by atoms with E-state index in [2.05, 4.69) is 58.4 Å². The number of ether oxygens (including phenoxy) is 2. The Labute approximate surface area is 192 Å². The normalized spacial score (nSPS) is 20.0. The van der Waals surface area contributed by atoms with Gasteiger partial charge in [0.05, 0.1) is 33.0 Å². The van der Waals surface area contributed by atoms with Crippen LogP contribution in [0.5, 0.6) is 0 Å². The summed E-state index contributed by atoms with van der Waals surface area (Å²) in [5.41, 5.74) is 3.61. The van der Waals surface area contributed by atoms with Gasteiger partial charge in [-0.3, -0.25) is 4.90 Å². The lowest BCUT2D eigenvalue weighted by atomic mass is 10.1. The molecule has 6 heteroatoms. The third-order valence-corrected chi connectivity index (χ3v) is 6.17. The Bertz CT molecular complexity index is 835. The van der Waals surface area contributed by atoms with E-state index in [-0.39, 0.29) is 0 Å². The van der Waals surface area contributed by atoms with Crippen LogP contribution in [0.1, 0.15) is 30.0 Å². The van der Waals surface area contributed by atoms with Gasteiger partial charge in [-0.05, 0) is 30.0 Å². The van der Waals surface area contributed by atoms with Crippen molar-refractivity contribution < 1.29 is 9.47 Å². The van der Waals surface area contributed by atoms with E-state index < -0.39 is 0 Å². The summed E-state index contributed by atoms with van der Waals surface area (Å²) in [5.74, 6) is 1.03. The summed E-state index contributed by atoms with van der Waals surface area (Å²) >= 11 is 0. The van der Waals surface area contributed by atoms with E-state index in [1.807, 2.05) is 18.2 Å². The molecule has 2 saturated heterocycles. The SMILES string of the molecule is CCNC(=NCc1ccc(COCc2ccccc2)cc1)N1CCC(N2CCOCC2)C1. The van der Waals surface area contributed by atoms with Gasteiger partial charge in [0.15, 0.2) is 5.96 Å². The van der Waals surface area contributed by atoms with Crippen LogP contribution in [0.3, 0.4) is 0 Å². The van der Waals surface area contributed by atoms with Crippen molar-refractivity contribution in [3.8, 4) is 0 Å². The van der Waals surface area contributed by atoms with E-state index in [0.717, 1.165) is 51.9 Å². The predicted octanol–water partition coefficient (Wildman–Crippen LogP) is 3.28. The predicted molar refractivity (Wildman–Crippen MR) is 129 cm³/mol. The molecule has 2 fully saturated rings. The van der Waals surface area contributed by atoms with Crippen LogP contribution in [0.2, 0.25) is 0 Å². The van der Waals surface area contributed by atoms with Crippen LogP contribution >= 0.6 is 0 Å². The number of hydrogen-bond donors (Lipinski definition) is 1. The minimum Gasteiger partial charge on any atom is -0.379 e. The molecule has 2 aromatic rings. The Balaban J connectivity index is 1.27. The average molecular weight is 437 g/mol. The van der Waals surface area contributed by atoms with Gasteiger partial charge in [-0.2, -0.15) is 0 Å². The van der Waals surface area contributed by atoms with Crippen molar-refractivity contribution in [3.05, 3.63) is 71.3 Å². The van der Waals surface area contributed by atoms with Crippen molar-refractivity contribution in [1.82, 2.24) is 15.1 Å². The molecule has 2 heterocycles. The third kappa shape index (κ3) is 6.55. The molecule has 0 amide bonds. The van der Waals surface area contributed by atoms with Crippen molar-refractivity contribution in [2.24, 2.45) is 4.99 Å². The molecule has 1 N–H and O–H groups in total. The summed E-state index contributed by atoms with van der Waals surface area (Å²) in [6.07, 6.45) is 1.20. The van der Waals surface area contributed by atoms with Crippen molar-refractivity contribution in [2.45, 2.75) is 39.1 Å². The second-order valence-electron chi connectivity index (χ2n) is 8.50. The molecule has 2 aliphatic heterocycles.